The number of ether oxygens (including phenoxy) is 1. The van der Waals surface area contributed by atoms with Crippen molar-refractivity contribution < 1.29 is 4.74 Å². The molecule has 1 aromatic rings. The zero-order valence-corrected chi connectivity index (χ0v) is 7.21. The first-order valence-corrected chi connectivity index (χ1v) is 4.26. The molecule has 62 valence electrons. The number of rotatable bonds is 0. The first kappa shape index (κ1) is 7.41. The van der Waals surface area contributed by atoms with Crippen LogP contribution in [0.2, 0.25) is 0 Å². The molecule has 1 aliphatic rings. The molecule has 0 aliphatic carbocycles. The van der Waals surface area contributed by atoms with Crippen molar-refractivity contribution in [1.29, 1.82) is 0 Å². The van der Waals surface area contributed by atoms with Crippen LogP contribution in [0.15, 0.2) is 36.1 Å². The Morgan fingerprint density at radius 2 is 2.00 bits per heavy atom. The van der Waals surface area contributed by atoms with E-state index >= 15 is 0 Å². The second kappa shape index (κ2) is 3.02. The summed E-state index contributed by atoms with van der Waals surface area (Å²) in [6.45, 7) is 2.10. The van der Waals surface area contributed by atoms with E-state index in [9.17, 15) is 0 Å². The second-order valence-corrected chi connectivity index (χ2v) is 3.19. The highest BCUT2D eigenvalue weighted by atomic mass is 16.5. The van der Waals surface area contributed by atoms with Gasteiger partial charge in [-0.3, -0.25) is 0 Å². The van der Waals surface area contributed by atoms with Crippen LogP contribution in [-0.4, -0.2) is 0 Å². The molecular weight excluding hydrogens is 148 g/mol. The molecule has 12 heavy (non-hydrogen) atoms. The van der Waals surface area contributed by atoms with Crippen molar-refractivity contribution in [2.24, 2.45) is 0 Å². The summed E-state index contributed by atoms with van der Waals surface area (Å²) in [5.41, 5.74) is 2.62. The number of hydrogen-bond acceptors (Lipinski definition) is 1. The van der Waals surface area contributed by atoms with Crippen LogP contribution in [0.5, 0.6) is 5.75 Å². The predicted octanol–water partition coefficient (Wildman–Crippen LogP) is 2.92. The van der Waals surface area contributed by atoms with Gasteiger partial charge in [0.05, 0.1) is 6.26 Å². The van der Waals surface area contributed by atoms with Crippen LogP contribution in [0.3, 0.4) is 0 Å². The van der Waals surface area contributed by atoms with Gasteiger partial charge in [0, 0.05) is 0 Å². The summed E-state index contributed by atoms with van der Waals surface area (Å²) in [6.07, 6.45) is 4.06. The Kier molecular flexibility index (Phi) is 1.86. The highest BCUT2D eigenvalue weighted by Crippen LogP contribution is 2.24. The van der Waals surface area contributed by atoms with Crippen LogP contribution in [0.25, 0.3) is 0 Å². The smallest absolute Gasteiger partial charge is 0.129 e. The maximum Gasteiger partial charge on any atom is 0.129 e. The molecule has 0 saturated carbocycles. The fourth-order valence-electron chi connectivity index (χ4n) is 1.38. The van der Waals surface area contributed by atoms with Gasteiger partial charge in [0.15, 0.2) is 0 Å². The van der Waals surface area contributed by atoms with Gasteiger partial charge in [-0.25, -0.2) is 0 Å². The van der Waals surface area contributed by atoms with E-state index in [1.165, 1.54) is 11.1 Å². The van der Waals surface area contributed by atoms with Crippen molar-refractivity contribution in [3.05, 3.63) is 41.7 Å². The molecule has 0 unspecified atom stereocenters. The first-order valence-electron chi connectivity index (χ1n) is 4.26. The molecule has 1 aliphatic heterocycles. The third-order valence-electron chi connectivity index (χ3n) is 2.15. The number of fused-ring (bicyclic) bond motifs is 1. The summed E-state index contributed by atoms with van der Waals surface area (Å²) in [7, 11) is 0. The lowest BCUT2D eigenvalue weighted by Crippen LogP contribution is -1.85. The third-order valence-corrected chi connectivity index (χ3v) is 2.15. The summed E-state index contributed by atoms with van der Waals surface area (Å²) in [5.74, 6) is 1.01. The normalized spacial score (nSPS) is 15.6. The van der Waals surface area contributed by atoms with E-state index < -0.39 is 0 Å². The fraction of sp³-hybridized carbons (Fsp3) is 0.273. The predicted molar refractivity (Wildman–Crippen MR) is 49.1 cm³/mol. The Labute approximate surface area is 72.7 Å². The van der Waals surface area contributed by atoms with E-state index in [-0.39, 0.29) is 0 Å². The average molecular weight is 160 g/mol. The number of allylic oxidation sites excluding steroid dienone is 1. The summed E-state index contributed by atoms with van der Waals surface area (Å²) in [4.78, 5) is 0. The molecule has 2 rings (SSSR count). The standard InChI is InChI=1S/C11H12O/c1-9-6-7-10-4-2-3-5-11(10)12-8-9/h2-5,8H,6-7H2,1H3. The monoisotopic (exact) mass is 160 g/mol. The molecule has 1 heteroatoms. The minimum absolute atomic E-state index is 1.01. The Bertz CT molecular complexity index is 313. The fourth-order valence-corrected chi connectivity index (χ4v) is 1.38. The lowest BCUT2D eigenvalue weighted by atomic mass is 10.1. The molecular formula is C11H12O. The summed E-state index contributed by atoms with van der Waals surface area (Å²) in [5, 5.41) is 0. The molecule has 0 radical (unpaired) electrons. The SMILES string of the molecule is CC1=COc2ccccc2CC1. The van der Waals surface area contributed by atoms with Gasteiger partial charge in [-0.1, -0.05) is 18.2 Å². The molecule has 1 heterocycles. The van der Waals surface area contributed by atoms with Gasteiger partial charge in [0.1, 0.15) is 5.75 Å². The van der Waals surface area contributed by atoms with Crippen LogP contribution in [-0.2, 0) is 6.42 Å². The molecule has 0 bridgehead atoms. The van der Waals surface area contributed by atoms with Crippen molar-refractivity contribution in [3.63, 3.8) is 0 Å². The Morgan fingerprint density at radius 3 is 2.92 bits per heavy atom. The Balaban J connectivity index is 2.35. The first-order chi connectivity index (χ1) is 5.86. The topological polar surface area (TPSA) is 9.23 Å². The van der Waals surface area contributed by atoms with E-state index in [0.717, 1.165) is 18.6 Å². The van der Waals surface area contributed by atoms with E-state index in [1.54, 1.807) is 0 Å². The number of hydrogen-bond donors (Lipinski definition) is 0. The van der Waals surface area contributed by atoms with Crippen molar-refractivity contribution in [3.8, 4) is 5.75 Å². The molecule has 0 saturated heterocycles. The van der Waals surface area contributed by atoms with Gasteiger partial charge in [0.25, 0.3) is 0 Å². The van der Waals surface area contributed by atoms with Crippen molar-refractivity contribution >= 4 is 0 Å². The van der Waals surface area contributed by atoms with E-state index in [0.29, 0.717) is 0 Å². The molecule has 0 aromatic heterocycles. The lowest BCUT2D eigenvalue weighted by Gasteiger charge is -2.02. The van der Waals surface area contributed by atoms with Gasteiger partial charge >= 0.3 is 0 Å². The maximum atomic E-state index is 5.50. The molecule has 0 atom stereocenters. The maximum absolute atomic E-state index is 5.50. The molecule has 0 fully saturated rings. The second-order valence-electron chi connectivity index (χ2n) is 3.19. The minimum atomic E-state index is 1.01. The summed E-state index contributed by atoms with van der Waals surface area (Å²) in [6, 6.07) is 8.21. The molecule has 0 N–H and O–H groups in total. The van der Waals surface area contributed by atoms with Gasteiger partial charge in [0.2, 0.25) is 0 Å². The quantitative estimate of drug-likeness (QED) is 0.567. The number of aryl methyl sites for hydroxylation is 1. The van der Waals surface area contributed by atoms with Crippen LogP contribution >= 0.6 is 0 Å². The number of benzene rings is 1. The van der Waals surface area contributed by atoms with Gasteiger partial charge in [-0.15, -0.1) is 0 Å². The van der Waals surface area contributed by atoms with Crippen molar-refractivity contribution in [1.82, 2.24) is 0 Å². The zero-order valence-electron chi connectivity index (χ0n) is 7.21. The van der Waals surface area contributed by atoms with Gasteiger partial charge < -0.3 is 4.74 Å². The van der Waals surface area contributed by atoms with Crippen molar-refractivity contribution in [2.75, 3.05) is 0 Å². The van der Waals surface area contributed by atoms with E-state index in [2.05, 4.69) is 19.1 Å². The molecule has 1 aromatic carbocycles. The summed E-state index contributed by atoms with van der Waals surface area (Å²) >= 11 is 0. The van der Waals surface area contributed by atoms with E-state index in [1.807, 2.05) is 18.4 Å². The minimum Gasteiger partial charge on any atom is -0.465 e. The molecule has 1 nitrogen and oxygen atoms in total. The highest BCUT2D eigenvalue weighted by molar-refractivity contribution is 5.35. The van der Waals surface area contributed by atoms with Crippen LogP contribution in [0.1, 0.15) is 18.9 Å². The third kappa shape index (κ3) is 1.35. The molecule has 0 amide bonds. The Morgan fingerprint density at radius 1 is 1.17 bits per heavy atom. The van der Waals surface area contributed by atoms with E-state index in [4.69, 9.17) is 4.74 Å². The number of para-hydroxylation sites is 1. The van der Waals surface area contributed by atoms with Gasteiger partial charge in [-0.05, 0) is 37.0 Å². The summed E-state index contributed by atoms with van der Waals surface area (Å²) < 4.78 is 5.50. The van der Waals surface area contributed by atoms with Gasteiger partial charge in [-0.2, -0.15) is 0 Å². The van der Waals surface area contributed by atoms with Crippen LogP contribution < -0.4 is 4.74 Å². The highest BCUT2D eigenvalue weighted by Gasteiger charge is 2.06. The Hall–Kier alpha value is -1.24. The zero-order chi connectivity index (χ0) is 8.39. The molecule has 0 spiro atoms. The lowest BCUT2D eigenvalue weighted by molar-refractivity contribution is 0.476. The average Bonchev–Trinajstić information content (AvgIpc) is 2.29. The van der Waals surface area contributed by atoms with Crippen LogP contribution in [0, 0.1) is 0 Å². The largest absolute Gasteiger partial charge is 0.465 e. The van der Waals surface area contributed by atoms with Crippen molar-refractivity contribution in [2.45, 2.75) is 19.8 Å². The van der Waals surface area contributed by atoms with Crippen LogP contribution in [0.4, 0.5) is 0 Å².